The molecule has 1 amide bonds. The summed E-state index contributed by atoms with van der Waals surface area (Å²) in [5.74, 6) is 0.985. The second-order valence-corrected chi connectivity index (χ2v) is 6.27. The van der Waals surface area contributed by atoms with Crippen LogP contribution >= 0.6 is 0 Å². The van der Waals surface area contributed by atoms with Gasteiger partial charge in [0.15, 0.2) is 0 Å². The Hall–Kier alpha value is -0.610. The largest absolute Gasteiger partial charge is 0.372 e. The molecule has 1 saturated carbocycles. The van der Waals surface area contributed by atoms with Gasteiger partial charge in [-0.25, -0.2) is 0 Å². The van der Waals surface area contributed by atoms with E-state index in [1.165, 1.54) is 0 Å². The van der Waals surface area contributed by atoms with E-state index in [0.717, 1.165) is 32.4 Å². The molecular weight excluding hydrogens is 228 g/mol. The Morgan fingerprint density at radius 3 is 2.28 bits per heavy atom. The first kappa shape index (κ1) is 13.8. The van der Waals surface area contributed by atoms with E-state index in [9.17, 15) is 4.79 Å². The van der Waals surface area contributed by atoms with Gasteiger partial charge in [-0.2, -0.15) is 0 Å². The molecule has 5 atom stereocenters. The molecule has 0 radical (unpaired) electrons. The van der Waals surface area contributed by atoms with E-state index >= 15 is 0 Å². The van der Waals surface area contributed by atoms with Crippen LogP contribution in [0.4, 0.5) is 0 Å². The zero-order valence-electron chi connectivity index (χ0n) is 11.8. The van der Waals surface area contributed by atoms with Gasteiger partial charge in [0.05, 0.1) is 12.2 Å². The van der Waals surface area contributed by atoms with E-state index in [-0.39, 0.29) is 24.2 Å². The molecule has 0 aromatic rings. The predicted molar refractivity (Wildman–Crippen MR) is 71.1 cm³/mol. The van der Waals surface area contributed by atoms with Gasteiger partial charge in [-0.15, -0.1) is 0 Å². The van der Waals surface area contributed by atoms with Crippen molar-refractivity contribution in [2.75, 3.05) is 13.1 Å². The minimum absolute atomic E-state index is 0.126. The lowest BCUT2D eigenvalue weighted by Gasteiger charge is -2.39. The van der Waals surface area contributed by atoms with Gasteiger partial charge in [0.25, 0.3) is 0 Å². The fourth-order valence-corrected chi connectivity index (χ4v) is 3.47. The number of amides is 1. The molecule has 2 N–H and O–H groups in total. The molecule has 1 heterocycles. The number of hydrogen-bond acceptors (Lipinski definition) is 3. The third kappa shape index (κ3) is 3.23. The molecule has 0 bridgehead atoms. The highest BCUT2D eigenvalue weighted by Gasteiger charge is 2.34. The highest BCUT2D eigenvalue weighted by Crippen LogP contribution is 2.30. The number of ether oxygens (including phenoxy) is 1. The molecule has 4 heteroatoms. The van der Waals surface area contributed by atoms with Crippen LogP contribution in [-0.4, -0.2) is 42.1 Å². The maximum atomic E-state index is 12.6. The SMILES string of the molecule is CC1CC(N)CC(C(=O)N2C[C@@H](C)O[C@@H](C)C2)C1. The molecule has 0 spiro atoms. The molecule has 18 heavy (non-hydrogen) atoms. The van der Waals surface area contributed by atoms with Crippen molar-refractivity contribution in [2.24, 2.45) is 17.6 Å². The predicted octanol–water partition coefficient (Wildman–Crippen LogP) is 1.39. The molecule has 1 aliphatic heterocycles. The van der Waals surface area contributed by atoms with Crippen molar-refractivity contribution < 1.29 is 9.53 Å². The summed E-state index contributed by atoms with van der Waals surface area (Å²) in [4.78, 5) is 14.5. The van der Waals surface area contributed by atoms with Gasteiger partial charge in [-0.1, -0.05) is 6.92 Å². The third-order valence-electron chi connectivity index (χ3n) is 4.06. The van der Waals surface area contributed by atoms with Crippen molar-refractivity contribution in [1.82, 2.24) is 4.90 Å². The minimum Gasteiger partial charge on any atom is -0.372 e. The van der Waals surface area contributed by atoms with Crippen molar-refractivity contribution >= 4 is 5.91 Å². The molecular formula is C14H26N2O2. The molecule has 1 aliphatic carbocycles. The summed E-state index contributed by atoms with van der Waals surface area (Å²) in [5, 5.41) is 0. The Kier molecular flexibility index (Phi) is 4.28. The van der Waals surface area contributed by atoms with Crippen LogP contribution in [0.5, 0.6) is 0 Å². The summed E-state index contributed by atoms with van der Waals surface area (Å²) >= 11 is 0. The topological polar surface area (TPSA) is 55.6 Å². The number of nitrogens with zero attached hydrogens (tertiary/aromatic N) is 1. The normalized spacial score (nSPS) is 41.8. The average molecular weight is 254 g/mol. The van der Waals surface area contributed by atoms with Gasteiger partial charge in [-0.05, 0) is 39.0 Å². The van der Waals surface area contributed by atoms with Crippen LogP contribution in [0.25, 0.3) is 0 Å². The van der Waals surface area contributed by atoms with Crippen LogP contribution in [0, 0.1) is 11.8 Å². The van der Waals surface area contributed by atoms with E-state index in [4.69, 9.17) is 10.5 Å². The lowest BCUT2D eigenvalue weighted by molar-refractivity contribution is -0.149. The third-order valence-corrected chi connectivity index (χ3v) is 4.06. The summed E-state index contributed by atoms with van der Waals surface area (Å²) in [7, 11) is 0. The Bertz CT molecular complexity index is 260. The first-order valence-electron chi connectivity index (χ1n) is 7.15. The minimum atomic E-state index is 0.126. The first-order chi connectivity index (χ1) is 8.45. The van der Waals surface area contributed by atoms with Crippen LogP contribution in [0.3, 0.4) is 0 Å². The zero-order chi connectivity index (χ0) is 13.3. The summed E-state index contributed by atoms with van der Waals surface area (Å²) in [6.07, 6.45) is 3.19. The monoisotopic (exact) mass is 254 g/mol. The smallest absolute Gasteiger partial charge is 0.225 e. The number of morpholine rings is 1. The summed E-state index contributed by atoms with van der Waals surface area (Å²) in [6, 6.07) is 0.193. The molecule has 104 valence electrons. The molecule has 2 fully saturated rings. The van der Waals surface area contributed by atoms with Gasteiger partial charge < -0.3 is 15.4 Å². The van der Waals surface area contributed by atoms with Gasteiger partial charge in [0.1, 0.15) is 0 Å². The number of carbonyl (C=O) groups is 1. The molecule has 0 aromatic heterocycles. The van der Waals surface area contributed by atoms with Crippen molar-refractivity contribution in [3.63, 3.8) is 0 Å². The number of nitrogens with two attached hydrogens (primary N) is 1. The van der Waals surface area contributed by atoms with Gasteiger partial charge in [0.2, 0.25) is 5.91 Å². The molecule has 0 aromatic carbocycles. The van der Waals surface area contributed by atoms with E-state index in [2.05, 4.69) is 6.92 Å². The molecule has 4 nitrogen and oxygen atoms in total. The fourth-order valence-electron chi connectivity index (χ4n) is 3.47. The average Bonchev–Trinajstić information content (AvgIpc) is 2.25. The van der Waals surface area contributed by atoms with Crippen molar-refractivity contribution in [1.29, 1.82) is 0 Å². The van der Waals surface area contributed by atoms with Crippen LogP contribution in [0.1, 0.15) is 40.0 Å². The lowest BCUT2D eigenvalue weighted by Crippen LogP contribution is -2.51. The number of hydrogen-bond donors (Lipinski definition) is 1. The van der Waals surface area contributed by atoms with Crippen LogP contribution in [0.15, 0.2) is 0 Å². The molecule has 1 saturated heterocycles. The molecule has 3 unspecified atom stereocenters. The Morgan fingerprint density at radius 2 is 1.72 bits per heavy atom. The second kappa shape index (κ2) is 5.57. The highest BCUT2D eigenvalue weighted by atomic mass is 16.5. The molecule has 2 rings (SSSR count). The lowest BCUT2D eigenvalue weighted by atomic mass is 9.79. The summed E-state index contributed by atoms with van der Waals surface area (Å²) < 4.78 is 5.68. The standard InChI is InChI=1S/C14H26N2O2/c1-9-4-12(6-13(15)5-9)14(17)16-7-10(2)18-11(3)8-16/h9-13H,4-8,15H2,1-3H3/t9?,10-,11+,12?,13?. The maximum Gasteiger partial charge on any atom is 0.225 e. The van der Waals surface area contributed by atoms with E-state index in [1.807, 2.05) is 18.7 Å². The number of carbonyl (C=O) groups excluding carboxylic acids is 1. The van der Waals surface area contributed by atoms with E-state index in [1.54, 1.807) is 0 Å². The van der Waals surface area contributed by atoms with Gasteiger partial charge in [0, 0.05) is 25.0 Å². The van der Waals surface area contributed by atoms with Crippen LogP contribution in [-0.2, 0) is 9.53 Å². The summed E-state index contributed by atoms with van der Waals surface area (Å²) in [6.45, 7) is 7.72. The molecule has 2 aliphatic rings. The van der Waals surface area contributed by atoms with E-state index in [0.29, 0.717) is 11.8 Å². The maximum absolute atomic E-state index is 12.6. The Labute approximate surface area is 110 Å². The highest BCUT2D eigenvalue weighted by molar-refractivity contribution is 5.79. The van der Waals surface area contributed by atoms with Crippen molar-refractivity contribution in [2.45, 2.75) is 58.3 Å². The first-order valence-corrected chi connectivity index (χ1v) is 7.15. The zero-order valence-corrected chi connectivity index (χ0v) is 11.8. The Balaban J connectivity index is 1.97. The van der Waals surface area contributed by atoms with Crippen molar-refractivity contribution in [3.05, 3.63) is 0 Å². The van der Waals surface area contributed by atoms with Crippen LogP contribution < -0.4 is 5.73 Å². The fraction of sp³-hybridized carbons (Fsp3) is 0.929. The van der Waals surface area contributed by atoms with Crippen LogP contribution in [0.2, 0.25) is 0 Å². The van der Waals surface area contributed by atoms with Crippen molar-refractivity contribution in [3.8, 4) is 0 Å². The quantitative estimate of drug-likeness (QED) is 0.769. The van der Waals surface area contributed by atoms with E-state index < -0.39 is 0 Å². The Morgan fingerprint density at radius 1 is 1.11 bits per heavy atom. The van der Waals surface area contributed by atoms with Gasteiger partial charge >= 0.3 is 0 Å². The second-order valence-electron chi connectivity index (χ2n) is 6.27. The summed E-state index contributed by atoms with van der Waals surface area (Å²) in [5.41, 5.74) is 6.04. The number of rotatable bonds is 1. The van der Waals surface area contributed by atoms with Gasteiger partial charge in [-0.3, -0.25) is 4.79 Å².